The summed E-state index contributed by atoms with van der Waals surface area (Å²) in [7, 11) is 0. The number of hydrogen-bond acceptors (Lipinski definition) is 5. The Bertz CT molecular complexity index is 525. The van der Waals surface area contributed by atoms with Crippen LogP contribution in [0.3, 0.4) is 0 Å². The van der Waals surface area contributed by atoms with Crippen molar-refractivity contribution in [1.82, 2.24) is 9.97 Å². The molecule has 0 unspecified atom stereocenters. The van der Waals surface area contributed by atoms with Gasteiger partial charge in [-0.15, -0.1) is 0 Å². The van der Waals surface area contributed by atoms with Gasteiger partial charge in [-0.3, -0.25) is 0 Å². The molecular weight excluding hydrogens is 214 g/mol. The standard InChI is InChI=1S/C12H13N5/c13-10-11(14)16-9(17-12(10)15)7-6-8-4-2-1-3-5-8/h1-7H,13H2,(H4,14,15,16,17). The Kier molecular flexibility index (Phi) is 2.91. The Morgan fingerprint density at radius 2 is 1.41 bits per heavy atom. The summed E-state index contributed by atoms with van der Waals surface area (Å²) in [6, 6.07) is 9.80. The summed E-state index contributed by atoms with van der Waals surface area (Å²) in [5, 5.41) is 0. The predicted molar refractivity (Wildman–Crippen MR) is 70.6 cm³/mol. The molecule has 1 aromatic heterocycles. The van der Waals surface area contributed by atoms with E-state index in [0.717, 1.165) is 5.56 Å². The number of nitrogens with zero attached hydrogens (tertiary/aromatic N) is 2. The molecule has 0 atom stereocenters. The molecule has 1 heterocycles. The first kappa shape index (κ1) is 10.9. The second-order valence-electron chi connectivity index (χ2n) is 3.51. The molecule has 86 valence electrons. The van der Waals surface area contributed by atoms with Crippen molar-refractivity contribution >= 4 is 29.5 Å². The van der Waals surface area contributed by atoms with Crippen molar-refractivity contribution in [1.29, 1.82) is 0 Å². The minimum atomic E-state index is 0.199. The maximum Gasteiger partial charge on any atom is 0.156 e. The second-order valence-corrected chi connectivity index (χ2v) is 3.51. The van der Waals surface area contributed by atoms with E-state index in [4.69, 9.17) is 17.2 Å². The monoisotopic (exact) mass is 227 g/mol. The van der Waals surface area contributed by atoms with Crippen LogP contribution in [0.4, 0.5) is 17.3 Å². The van der Waals surface area contributed by atoms with Gasteiger partial charge in [0.15, 0.2) is 17.5 Å². The summed E-state index contributed by atoms with van der Waals surface area (Å²) in [5.41, 5.74) is 18.0. The highest BCUT2D eigenvalue weighted by Gasteiger charge is 2.03. The molecule has 5 nitrogen and oxygen atoms in total. The van der Waals surface area contributed by atoms with Crippen LogP contribution in [0.2, 0.25) is 0 Å². The zero-order valence-electron chi connectivity index (χ0n) is 9.17. The lowest BCUT2D eigenvalue weighted by Gasteiger charge is -2.03. The summed E-state index contributed by atoms with van der Waals surface area (Å²) < 4.78 is 0. The van der Waals surface area contributed by atoms with Crippen LogP contribution in [-0.4, -0.2) is 9.97 Å². The van der Waals surface area contributed by atoms with Crippen molar-refractivity contribution in [3.8, 4) is 0 Å². The molecule has 17 heavy (non-hydrogen) atoms. The number of rotatable bonds is 2. The number of hydrogen-bond donors (Lipinski definition) is 3. The quantitative estimate of drug-likeness (QED) is 0.719. The molecule has 0 radical (unpaired) electrons. The topological polar surface area (TPSA) is 104 Å². The molecule has 0 saturated heterocycles. The van der Waals surface area contributed by atoms with Crippen LogP contribution in [-0.2, 0) is 0 Å². The van der Waals surface area contributed by atoms with Gasteiger partial charge in [-0.2, -0.15) is 0 Å². The van der Waals surface area contributed by atoms with E-state index in [1.807, 2.05) is 36.4 Å². The minimum Gasteiger partial charge on any atom is -0.393 e. The molecule has 0 spiro atoms. The lowest BCUT2D eigenvalue weighted by Crippen LogP contribution is -2.06. The Balaban J connectivity index is 2.28. The minimum absolute atomic E-state index is 0.199. The van der Waals surface area contributed by atoms with Gasteiger partial charge < -0.3 is 17.2 Å². The van der Waals surface area contributed by atoms with E-state index in [2.05, 4.69) is 9.97 Å². The van der Waals surface area contributed by atoms with E-state index in [9.17, 15) is 0 Å². The van der Waals surface area contributed by atoms with Gasteiger partial charge in [-0.1, -0.05) is 36.4 Å². The van der Waals surface area contributed by atoms with Crippen LogP contribution < -0.4 is 17.2 Å². The maximum absolute atomic E-state index is 5.60. The lowest BCUT2D eigenvalue weighted by molar-refractivity contribution is 1.16. The van der Waals surface area contributed by atoms with E-state index in [1.54, 1.807) is 6.08 Å². The molecule has 0 saturated carbocycles. The summed E-state index contributed by atoms with van der Waals surface area (Å²) in [6.45, 7) is 0. The van der Waals surface area contributed by atoms with Crippen LogP contribution in [0.25, 0.3) is 12.2 Å². The van der Waals surface area contributed by atoms with Crippen molar-refractivity contribution in [3.63, 3.8) is 0 Å². The molecule has 2 rings (SSSR count). The Morgan fingerprint density at radius 3 is 2.00 bits per heavy atom. The number of benzene rings is 1. The third-order valence-electron chi connectivity index (χ3n) is 2.25. The van der Waals surface area contributed by atoms with Crippen molar-refractivity contribution in [2.75, 3.05) is 17.2 Å². The molecular formula is C12H13N5. The van der Waals surface area contributed by atoms with Crippen LogP contribution in [0.15, 0.2) is 30.3 Å². The van der Waals surface area contributed by atoms with Gasteiger partial charge in [0.05, 0.1) is 0 Å². The largest absolute Gasteiger partial charge is 0.393 e. The van der Waals surface area contributed by atoms with Gasteiger partial charge in [0.25, 0.3) is 0 Å². The van der Waals surface area contributed by atoms with Gasteiger partial charge in [-0.05, 0) is 11.6 Å². The smallest absolute Gasteiger partial charge is 0.156 e. The first-order valence-corrected chi connectivity index (χ1v) is 5.08. The first-order chi connectivity index (χ1) is 8.16. The van der Waals surface area contributed by atoms with Gasteiger partial charge in [-0.25, -0.2) is 9.97 Å². The molecule has 2 aromatic rings. The molecule has 0 fully saturated rings. The van der Waals surface area contributed by atoms with Gasteiger partial charge in [0.1, 0.15) is 5.69 Å². The van der Waals surface area contributed by atoms with Gasteiger partial charge >= 0.3 is 0 Å². The van der Waals surface area contributed by atoms with Crippen molar-refractivity contribution in [3.05, 3.63) is 41.7 Å². The molecule has 0 aliphatic heterocycles. The fraction of sp³-hybridized carbons (Fsp3) is 0. The number of nitrogens with two attached hydrogens (primary N) is 3. The van der Waals surface area contributed by atoms with E-state index in [0.29, 0.717) is 5.82 Å². The average molecular weight is 227 g/mol. The van der Waals surface area contributed by atoms with Crippen molar-refractivity contribution in [2.24, 2.45) is 0 Å². The molecule has 0 bridgehead atoms. The summed E-state index contributed by atoms with van der Waals surface area (Å²) >= 11 is 0. The highest BCUT2D eigenvalue weighted by Crippen LogP contribution is 2.18. The molecule has 0 aliphatic rings. The van der Waals surface area contributed by atoms with Crippen molar-refractivity contribution < 1.29 is 0 Å². The molecule has 0 amide bonds. The normalized spacial score (nSPS) is 10.8. The average Bonchev–Trinajstić information content (AvgIpc) is 2.34. The van der Waals surface area contributed by atoms with Gasteiger partial charge in [0, 0.05) is 0 Å². The fourth-order valence-corrected chi connectivity index (χ4v) is 1.33. The Hall–Kier alpha value is -2.56. The van der Waals surface area contributed by atoms with Crippen LogP contribution >= 0.6 is 0 Å². The zero-order chi connectivity index (χ0) is 12.3. The van der Waals surface area contributed by atoms with E-state index in [-0.39, 0.29) is 17.3 Å². The number of nitrogen functional groups attached to an aromatic ring is 3. The number of aromatic nitrogens is 2. The highest BCUT2D eigenvalue weighted by atomic mass is 15.0. The van der Waals surface area contributed by atoms with Crippen molar-refractivity contribution in [2.45, 2.75) is 0 Å². The molecule has 5 heteroatoms. The molecule has 6 N–H and O–H groups in total. The van der Waals surface area contributed by atoms with Gasteiger partial charge in [0.2, 0.25) is 0 Å². The Labute approximate surface area is 99.0 Å². The van der Waals surface area contributed by atoms with E-state index in [1.165, 1.54) is 0 Å². The lowest BCUT2D eigenvalue weighted by atomic mass is 10.2. The van der Waals surface area contributed by atoms with Crippen LogP contribution in [0.5, 0.6) is 0 Å². The SMILES string of the molecule is Nc1nc(C=Cc2ccccc2)nc(N)c1N. The third kappa shape index (κ3) is 2.52. The fourth-order valence-electron chi connectivity index (χ4n) is 1.33. The molecule has 0 aliphatic carbocycles. The van der Waals surface area contributed by atoms with E-state index >= 15 is 0 Å². The van der Waals surface area contributed by atoms with Crippen LogP contribution in [0, 0.1) is 0 Å². The Morgan fingerprint density at radius 1 is 0.824 bits per heavy atom. The zero-order valence-corrected chi connectivity index (χ0v) is 9.17. The summed E-state index contributed by atoms with van der Waals surface area (Å²) in [6.07, 6.45) is 3.62. The van der Waals surface area contributed by atoms with E-state index < -0.39 is 0 Å². The first-order valence-electron chi connectivity index (χ1n) is 5.08. The highest BCUT2D eigenvalue weighted by molar-refractivity contribution is 5.74. The summed E-state index contributed by atoms with van der Waals surface area (Å²) in [4.78, 5) is 8.05. The third-order valence-corrected chi connectivity index (χ3v) is 2.25. The predicted octanol–water partition coefficient (Wildman–Crippen LogP) is 1.39. The molecule has 1 aromatic carbocycles. The summed E-state index contributed by atoms with van der Waals surface area (Å²) in [5.74, 6) is 0.841. The maximum atomic E-state index is 5.60. The number of anilines is 3. The second kappa shape index (κ2) is 4.52. The van der Waals surface area contributed by atoms with Crippen LogP contribution in [0.1, 0.15) is 11.4 Å².